The van der Waals surface area contributed by atoms with Crippen molar-refractivity contribution in [2.75, 3.05) is 0 Å². The maximum absolute atomic E-state index is 13.6. The monoisotopic (exact) mass is 306 g/mol. The summed E-state index contributed by atoms with van der Waals surface area (Å²) in [6.07, 6.45) is -2.05. The highest BCUT2D eigenvalue weighted by Crippen LogP contribution is 2.69. The van der Waals surface area contributed by atoms with Gasteiger partial charge in [-0.05, 0) is 13.3 Å². The summed E-state index contributed by atoms with van der Waals surface area (Å²) in [5.74, 6) is -25.2. The topological polar surface area (TPSA) is 0 Å². The van der Waals surface area contributed by atoms with Crippen molar-refractivity contribution >= 4 is 0 Å². The van der Waals surface area contributed by atoms with Crippen LogP contribution in [0.25, 0.3) is 0 Å². The van der Waals surface area contributed by atoms with E-state index in [1.165, 1.54) is 0 Å². The van der Waals surface area contributed by atoms with Crippen LogP contribution in [0.3, 0.4) is 0 Å². The van der Waals surface area contributed by atoms with Crippen molar-refractivity contribution in [3.8, 4) is 0 Å². The molecule has 0 bridgehead atoms. The molecular weight excluding hydrogens is 298 g/mol. The molecule has 19 heavy (non-hydrogen) atoms. The van der Waals surface area contributed by atoms with Crippen molar-refractivity contribution in [2.45, 2.75) is 55.3 Å². The zero-order chi connectivity index (χ0) is 15.7. The first-order chi connectivity index (χ1) is 8.06. The van der Waals surface area contributed by atoms with Gasteiger partial charge in [0.05, 0.1) is 0 Å². The van der Waals surface area contributed by atoms with E-state index in [4.69, 9.17) is 0 Å². The van der Waals surface area contributed by atoms with E-state index in [1.54, 1.807) is 0 Å². The molecule has 0 nitrogen and oxygen atoms in total. The van der Waals surface area contributed by atoms with Crippen LogP contribution in [-0.4, -0.2) is 35.0 Å². The first-order valence-electron chi connectivity index (χ1n) is 4.95. The van der Waals surface area contributed by atoms with E-state index in [2.05, 4.69) is 0 Å². The molecule has 1 saturated carbocycles. The lowest BCUT2D eigenvalue weighted by atomic mass is 9.67. The summed E-state index contributed by atoms with van der Waals surface area (Å²) in [4.78, 5) is 0. The Kier molecular flexibility index (Phi) is 3.00. The smallest absolute Gasteiger partial charge is 0.230 e. The Hall–Kier alpha value is -0.700. The number of rotatable bonds is 1. The molecule has 0 heterocycles. The Morgan fingerprint density at radius 2 is 0.842 bits per heavy atom. The van der Waals surface area contributed by atoms with Crippen LogP contribution < -0.4 is 0 Å². The molecule has 0 aliphatic heterocycles. The fourth-order valence-electron chi connectivity index (χ4n) is 1.93. The van der Waals surface area contributed by atoms with Gasteiger partial charge in [-0.1, -0.05) is 6.92 Å². The van der Waals surface area contributed by atoms with Crippen LogP contribution in [0.5, 0.6) is 0 Å². The molecule has 0 spiro atoms. The Morgan fingerprint density at radius 3 is 1.05 bits per heavy atom. The quantitative estimate of drug-likeness (QED) is 0.630. The minimum atomic E-state index is -6.31. The summed E-state index contributed by atoms with van der Waals surface area (Å²) in [6.45, 7) is -0.543. The molecule has 1 aliphatic carbocycles. The Labute approximate surface area is 100 Å². The molecule has 0 aromatic rings. The summed E-state index contributed by atoms with van der Waals surface area (Å²) < 4.78 is 132. The zero-order valence-corrected chi connectivity index (χ0v) is 9.49. The molecule has 1 rings (SSSR count). The van der Waals surface area contributed by atoms with Gasteiger partial charge in [0.25, 0.3) is 0 Å². The fraction of sp³-hybridized carbons (Fsp3) is 1.00. The SMILES string of the molecule is CCC1(F)C(F)(F)C(F)(F)C(C)(F)C(F)(F)C1(F)F. The first-order valence-corrected chi connectivity index (χ1v) is 4.95. The van der Waals surface area contributed by atoms with E-state index in [-0.39, 0.29) is 6.92 Å². The minimum Gasteiger partial charge on any atom is -0.230 e. The predicted molar refractivity (Wildman–Crippen MR) is 43.4 cm³/mol. The van der Waals surface area contributed by atoms with E-state index < -0.39 is 48.4 Å². The predicted octanol–water partition coefficient (Wildman–Crippen LogP) is 4.39. The highest BCUT2D eigenvalue weighted by Gasteiger charge is 2.97. The molecule has 1 fully saturated rings. The summed E-state index contributed by atoms with van der Waals surface area (Å²) in [7, 11) is 0. The van der Waals surface area contributed by atoms with Crippen molar-refractivity contribution in [3.05, 3.63) is 0 Å². The van der Waals surface area contributed by atoms with Gasteiger partial charge >= 0.3 is 23.7 Å². The van der Waals surface area contributed by atoms with Crippen LogP contribution >= 0.6 is 0 Å². The van der Waals surface area contributed by atoms with Crippen molar-refractivity contribution < 1.29 is 43.9 Å². The molecule has 0 saturated heterocycles. The van der Waals surface area contributed by atoms with Crippen molar-refractivity contribution in [2.24, 2.45) is 0 Å². The molecule has 0 radical (unpaired) electrons. The average Bonchev–Trinajstić information content (AvgIpc) is 2.24. The molecule has 0 N–H and O–H groups in total. The Bertz CT molecular complexity index is 352. The van der Waals surface area contributed by atoms with E-state index >= 15 is 0 Å². The molecule has 0 amide bonds. The standard InChI is InChI=1S/C9H8F10/c1-3-5(11)8(16,17)6(12,13)4(2,10)7(14,15)9(5,18)19/h3H2,1-2H3. The largest absolute Gasteiger partial charge is 0.353 e. The van der Waals surface area contributed by atoms with Gasteiger partial charge in [-0.25, -0.2) is 8.78 Å². The van der Waals surface area contributed by atoms with Gasteiger partial charge in [0.15, 0.2) is 0 Å². The van der Waals surface area contributed by atoms with Gasteiger partial charge < -0.3 is 0 Å². The van der Waals surface area contributed by atoms with Gasteiger partial charge in [0.2, 0.25) is 11.3 Å². The minimum absolute atomic E-state index is 0.259. The number of halogens is 10. The molecule has 10 heteroatoms. The fourth-order valence-corrected chi connectivity index (χ4v) is 1.93. The average molecular weight is 306 g/mol. The zero-order valence-electron chi connectivity index (χ0n) is 9.49. The summed E-state index contributed by atoms with van der Waals surface area (Å²) in [6, 6.07) is 0. The number of hydrogen-bond donors (Lipinski definition) is 0. The van der Waals surface area contributed by atoms with Gasteiger partial charge in [0.1, 0.15) is 0 Å². The maximum atomic E-state index is 13.6. The normalized spacial score (nSPS) is 42.9. The Morgan fingerprint density at radius 1 is 0.579 bits per heavy atom. The molecule has 0 aromatic carbocycles. The highest BCUT2D eigenvalue weighted by atomic mass is 19.4. The van der Waals surface area contributed by atoms with E-state index in [0.29, 0.717) is 0 Å². The van der Waals surface area contributed by atoms with Crippen LogP contribution in [0.15, 0.2) is 0 Å². The molecular formula is C9H8F10. The second-order valence-corrected chi connectivity index (χ2v) is 4.46. The van der Waals surface area contributed by atoms with Crippen LogP contribution in [0, 0.1) is 0 Å². The van der Waals surface area contributed by atoms with Crippen LogP contribution in [0.1, 0.15) is 20.3 Å². The van der Waals surface area contributed by atoms with E-state index in [1.807, 2.05) is 0 Å². The van der Waals surface area contributed by atoms with Crippen molar-refractivity contribution in [1.29, 1.82) is 0 Å². The second-order valence-electron chi connectivity index (χ2n) is 4.46. The van der Waals surface area contributed by atoms with Gasteiger partial charge in [0, 0.05) is 0 Å². The van der Waals surface area contributed by atoms with Gasteiger partial charge in [-0.3, -0.25) is 0 Å². The molecule has 114 valence electrons. The molecule has 0 unspecified atom stereocenters. The van der Waals surface area contributed by atoms with Gasteiger partial charge in [-0.15, -0.1) is 0 Å². The Balaban J connectivity index is 3.76. The summed E-state index contributed by atoms with van der Waals surface area (Å²) >= 11 is 0. The molecule has 1 aliphatic rings. The lowest BCUT2D eigenvalue weighted by molar-refractivity contribution is -0.457. The molecule has 0 atom stereocenters. The van der Waals surface area contributed by atoms with E-state index in [0.717, 1.165) is 0 Å². The first kappa shape index (κ1) is 16.4. The second kappa shape index (κ2) is 3.49. The van der Waals surface area contributed by atoms with Gasteiger partial charge in [-0.2, -0.15) is 35.1 Å². The highest BCUT2D eigenvalue weighted by molar-refractivity contribution is 5.27. The lowest BCUT2D eigenvalue weighted by Crippen LogP contribution is -2.83. The number of hydrogen-bond acceptors (Lipinski definition) is 0. The third kappa shape index (κ3) is 1.28. The van der Waals surface area contributed by atoms with Crippen LogP contribution in [0.2, 0.25) is 0 Å². The third-order valence-corrected chi connectivity index (χ3v) is 3.45. The number of alkyl halides is 10. The summed E-state index contributed by atoms with van der Waals surface area (Å²) in [5.41, 5.74) is -11.2. The third-order valence-electron chi connectivity index (χ3n) is 3.45. The lowest BCUT2D eigenvalue weighted by Gasteiger charge is -2.54. The van der Waals surface area contributed by atoms with Crippen LogP contribution in [0.4, 0.5) is 43.9 Å². The van der Waals surface area contributed by atoms with Crippen LogP contribution in [-0.2, 0) is 0 Å². The van der Waals surface area contributed by atoms with Crippen molar-refractivity contribution in [3.63, 3.8) is 0 Å². The summed E-state index contributed by atoms with van der Waals surface area (Å²) in [5, 5.41) is 0. The van der Waals surface area contributed by atoms with Crippen molar-refractivity contribution in [1.82, 2.24) is 0 Å². The maximum Gasteiger partial charge on any atom is 0.353 e. The van der Waals surface area contributed by atoms with E-state index in [9.17, 15) is 43.9 Å². The molecule has 0 aromatic heterocycles.